The Bertz CT molecular complexity index is 383. The Labute approximate surface area is 115 Å². The van der Waals surface area contributed by atoms with Crippen LogP contribution >= 0.6 is 11.6 Å². The van der Waals surface area contributed by atoms with Gasteiger partial charge in [0.1, 0.15) is 0 Å². The Morgan fingerprint density at radius 3 is 2.56 bits per heavy atom. The number of halogens is 1. The van der Waals surface area contributed by atoms with Gasteiger partial charge in [-0.25, -0.2) is 0 Å². The molecule has 0 radical (unpaired) electrons. The number of aryl methyl sites for hydroxylation is 2. The van der Waals surface area contributed by atoms with Crippen LogP contribution in [0.2, 0.25) is 5.02 Å². The zero-order chi connectivity index (χ0) is 13.0. The van der Waals surface area contributed by atoms with Crippen LogP contribution in [0, 0.1) is 13.8 Å². The molecule has 18 heavy (non-hydrogen) atoms. The molecule has 0 spiro atoms. The summed E-state index contributed by atoms with van der Waals surface area (Å²) >= 11 is 6.12. The summed E-state index contributed by atoms with van der Waals surface area (Å²) in [6, 6.07) is 0.849. The monoisotopic (exact) mass is 269 g/mol. The number of aromatic nitrogens is 2. The van der Waals surface area contributed by atoms with Gasteiger partial charge in [-0.2, -0.15) is 5.10 Å². The van der Waals surface area contributed by atoms with E-state index in [0.717, 1.165) is 29.0 Å². The second-order valence-corrected chi connectivity index (χ2v) is 5.73. The molecule has 3 nitrogen and oxygen atoms in total. The number of hydrogen-bond acceptors (Lipinski definition) is 2. The van der Waals surface area contributed by atoms with E-state index < -0.39 is 0 Å². The highest BCUT2D eigenvalue weighted by atomic mass is 35.5. The molecular formula is C14H24ClN3. The predicted octanol–water partition coefficient (Wildman–Crippen LogP) is 3.47. The molecule has 1 fully saturated rings. The summed E-state index contributed by atoms with van der Waals surface area (Å²) in [7, 11) is 0. The number of nitrogens with one attached hydrogen (secondary N) is 1. The molecule has 0 unspecified atom stereocenters. The first-order chi connectivity index (χ1) is 8.68. The van der Waals surface area contributed by atoms with Gasteiger partial charge in [0.05, 0.1) is 16.4 Å². The molecule has 1 aliphatic rings. The lowest BCUT2D eigenvalue weighted by molar-refractivity contribution is 0.515. The zero-order valence-electron chi connectivity index (χ0n) is 11.5. The molecule has 1 saturated carbocycles. The van der Waals surface area contributed by atoms with Gasteiger partial charge < -0.3 is 5.32 Å². The summed E-state index contributed by atoms with van der Waals surface area (Å²) < 4.78 is 2.04. The molecule has 1 aromatic rings. The molecule has 0 amide bonds. The highest BCUT2D eigenvalue weighted by molar-refractivity contribution is 6.31. The smallest absolute Gasteiger partial charge is 0.0844 e. The van der Waals surface area contributed by atoms with E-state index in [9.17, 15) is 0 Å². The molecule has 0 bridgehead atoms. The van der Waals surface area contributed by atoms with Crippen molar-refractivity contribution in [3.05, 3.63) is 16.4 Å². The summed E-state index contributed by atoms with van der Waals surface area (Å²) in [4.78, 5) is 0. The number of rotatable bonds is 8. The third-order valence-electron chi connectivity index (χ3n) is 3.60. The van der Waals surface area contributed by atoms with Crippen LogP contribution in [0.15, 0.2) is 0 Å². The van der Waals surface area contributed by atoms with E-state index >= 15 is 0 Å². The fourth-order valence-corrected chi connectivity index (χ4v) is 2.36. The Kier molecular flexibility index (Phi) is 5.07. The lowest BCUT2D eigenvalue weighted by Gasteiger charge is -2.05. The van der Waals surface area contributed by atoms with E-state index in [1.807, 2.05) is 18.5 Å². The van der Waals surface area contributed by atoms with Crippen molar-refractivity contribution in [2.24, 2.45) is 0 Å². The third-order valence-corrected chi connectivity index (χ3v) is 4.15. The lowest BCUT2D eigenvalue weighted by atomic mass is 10.2. The van der Waals surface area contributed by atoms with Crippen LogP contribution in [0.25, 0.3) is 0 Å². The predicted molar refractivity (Wildman–Crippen MR) is 76.2 cm³/mol. The molecule has 0 saturated heterocycles. The van der Waals surface area contributed by atoms with E-state index in [1.54, 1.807) is 0 Å². The first-order valence-electron chi connectivity index (χ1n) is 7.11. The fraction of sp³-hybridized carbons (Fsp3) is 0.786. The van der Waals surface area contributed by atoms with Gasteiger partial charge in [-0.15, -0.1) is 0 Å². The third kappa shape index (κ3) is 3.99. The normalized spacial score (nSPS) is 15.3. The van der Waals surface area contributed by atoms with Crippen molar-refractivity contribution in [1.29, 1.82) is 0 Å². The van der Waals surface area contributed by atoms with Crippen LogP contribution in [0.5, 0.6) is 0 Å². The molecular weight excluding hydrogens is 246 g/mol. The lowest BCUT2D eigenvalue weighted by Crippen LogP contribution is -2.17. The molecule has 4 heteroatoms. The van der Waals surface area contributed by atoms with Crippen LogP contribution in [0.4, 0.5) is 0 Å². The summed E-state index contributed by atoms with van der Waals surface area (Å²) in [6.45, 7) is 6.20. The number of nitrogens with zero attached hydrogens (tertiary/aromatic N) is 2. The SMILES string of the molecule is Cc1nn(CCCCCCNC2CC2)c(C)c1Cl. The van der Waals surface area contributed by atoms with Crippen LogP contribution in [-0.4, -0.2) is 22.4 Å². The maximum atomic E-state index is 6.12. The van der Waals surface area contributed by atoms with Crippen LogP contribution in [0.3, 0.4) is 0 Å². The average Bonchev–Trinajstić information content (AvgIpc) is 3.14. The molecule has 1 aliphatic carbocycles. The molecule has 102 valence electrons. The Balaban J connectivity index is 1.55. The largest absolute Gasteiger partial charge is 0.314 e. The molecule has 1 heterocycles. The Hall–Kier alpha value is -0.540. The topological polar surface area (TPSA) is 29.9 Å². The minimum absolute atomic E-state index is 0.823. The summed E-state index contributed by atoms with van der Waals surface area (Å²) in [5, 5.41) is 8.82. The summed E-state index contributed by atoms with van der Waals surface area (Å²) in [5.41, 5.74) is 2.05. The van der Waals surface area contributed by atoms with E-state index in [0.29, 0.717) is 0 Å². The van der Waals surface area contributed by atoms with Crippen molar-refractivity contribution in [2.75, 3.05) is 6.54 Å². The van der Waals surface area contributed by atoms with Gasteiger partial charge in [-0.1, -0.05) is 24.4 Å². The standard InChI is InChI=1S/C14H24ClN3/c1-11-14(15)12(2)18(17-11)10-6-4-3-5-9-16-13-7-8-13/h13,16H,3-10H2,1-2H3. The summed E-state index contributed by atoms with van der Waals surface area (Å²) in [5.74, 6) is 0. The van der Waals surface area contributed by atoms with Crippen molar-refractivity contribution < 1.29 is 0 Å². The van der Waals surface area contributed by atoms with Crippen molar-refractivity contribution in [3.63, 3.8) is 0 Å². The second-order valence-electron chi connectivity index (χ2n) is 5.35. The van der Waals surface area contributed by atoms with Gasteiger partial charge in [0, 0.05) is 12.6 Å². The van der Waals surface area contributed by atoms with Gasteiger partial charge in [0.25, 0.3) is 0 Å². The molecule has 2 rings (SSSR count). The highest BCUT2D eigenvalue weighted by Gasteiger charge is 2.19. The van der Waals surface area contributed by atoms with Crippen molar-refractivity contribution in [1.82, 2.24) is 15.1 Å². The number of unbranched alkanes of at least 4 members (excludes halogenated alkanes) is 3. The molecule has 1 aromatic heterocycles. The van der Waals surface area contributed by atoms with E-state index in [2.05, 4.69) is 10.4 Å². The van der Waals surface area contributed by atoms with E-state index in [-0.39, 0.29) is 0 Å². The molecule has 0 aliphatic heterocycles. The Morgan fingerprint density at radius 2 is 1.94 bits per heavy atom. The first-order valence-corrected chi connectivity index (χ1v) is 7.49. The second kappa shape index (κ2) is 6.58. The van der Waals surface area contributed by atoms with Gasteiger partial charge in [0.15, 0.2) is 0 Å². The molecule has 0 atom stereocenters. The van der Waals surface area contributed by atoms with Gasteiger partial charge in [-0.3, -0.25) is 4.68 Å². The Morgan fingerprint density at radius 1 is 1.22 bits per heavy atom. The van der Waals surface area contributed by atoms with Gasteiger partial charge in [-0.05, 0) is 46.1 Å². The first kappa shape index (κ1) is 13.9. The minimum atomic E-state index is 0.823. The molecule has 0 aromatic carbocycles. The van der Waals surface area contributed by atoms with Crippen LogP contribution in [-0.2, 0) is 6.54 Å². The van der Waals surface area contributed by atoms with E-state index in [4.69, 9.17) is 11.6 Å². The quantitative estimate of drug-likeness (QED) is 0.733. The highest BCUT2D eigenvalue weighted by Crippen LogP contribution is 2.20. The van der Waals surface area contributed by atoms with E-state index in [1.165, 1.54) is 45.1 Å². The number of hydrogen-bond donors (Lipinski definition) is 1. The average molecular weight is 270 g/mol. The van der Waals surface area contributed by atoms with Crippen molar-refractivity contribution in [2.45, 2.75) is 65.0 Å². The summed E-state index contributed by atoms with van der Waals surface area (Å²) in [6.07, 6.45) is 7.86. The maximum Gasteiger partial charge on any atom is 0.0844 e. The minimum Gasteiger partial charge on any atom is -0.314 e. The fourth-order valence-electron chi connectivity index (χ4n) is 2.23. The van der Waals surface area contributed by atoms with Crippen LogP contribution < -0.4 is 5.32 Å². The van der Waals surface area contributed by atoms with Crippen molar-refractivity contribution in [3.8, 4) is 0 Å². The zero-order valence-corrected chi connectivity index (χ0v) is 12.3. The van der Waals surface area contributed by atoms with Crippen LogP contribution in [0.1, 0.15) is 49.9 Å². The molecule has 1 N–H and O–H groups in total. The van der Waals surface area contributed by atoms with Gasteiger partial charge in [0.2, 0.25) is 0 Å². The van der Waals surface area contributed by atoms with Gasteiger partial charge >= 0.3 is 0 Å². The van der Waals surface area contributed by atoms with Crippen molar-refractivity contribution >= 4 is 11.6 Å². The maximum absolute atomic E-state index is 6.12.